The van der Waals surface area contributed by atoms with E-state index in [1.54, 1.807) is 0 Å². The average molecular weight is 155 g/mol. The molecule has 2 aliphatic carbocycles. The number of nitrogens with one attached hydrogen (secondary N) is 1. The first-order chi connectivity index (χ1) is 5.36. The molecule has 2 N–H and O–H groups in total. The highest BCUT2D eigenvalue weighted by molar-refractivity contribution is 4.84. The van der Waals surface area contributed by atoms with Crippen LogP contribution in [0.1, 0.15) is 32.1 Å². The number of hydrogen-bond donors (Lipinski definition) is 2. The Kier molecular flexibility index (Phi) is 2.14. The zero-order chi connectivity index (χ0) is 7.68. The van der Waals surface area contributed by atoms with E-state index in [1.165, 1.54) is 32.1 Å². The van der Waals surface area contributed by atoms with Crippen LogP contribution in [-0.2, 0) is 0 Å². The Bertz CT molecular complexity index is 130. The van der Waals surface area contributed by atoms with E-state index in [0.29, 0.717) is 5.92 Å². The van der Waals surface area contributed by atoms with Gasteiger partial charge in [-0.1, -0.05) is 6.42 Å². The molecule has 0 spiro atoms. The lowest BCUT2D eigenvalue weighted by Crippen LogP contribution is -2.40. The van der Waals surface area contributed by atoms with E-state index in [2.05, 4.69) is 5.32 Å². The SMILES string of the molecule is OC(CNC1CCC1)C1CC1. The van der Waals surface area contributed by atoms with Crippen molar-refractivity contribution in [2.24, 2.45) is 5.92 Å². The van der Waals surface area contributed by atoms with Crippen LogP contribution in [0, 0.1) is 5.92 Å². The minimum absolute atomic E-state index is 0.0596. The highest BCUT2D eigenvalue weighted by atomic mass is 16.3. The molecule has 0 radical (unpaired) electrons. The molecule has 0 aromatic carbocycles. The van der Waals surface area contributed by atoms with Crippen LogP contribution in [0.5, 0.6) is 0 Å². The Balaban J connectivity index is 1.57. The molecule has 0 amide bonds. The second-order valence-electron chi connectivity index (χ2n) is 3.94. The molecule has 0 heterocycles. The van der Waals surface area contributed by atoms with Crippen LogP contribution in [0.15, 0.2) is 0 Å². The Morgan fingerprint density at radius 1 is 1.27 bits per heavy atom. The summed E-state index contributed by atoms with van der Waals surface area (Å²) in [6.07, 6.45) is 6.43. The summed E-state index contributed by atoms with van der Waals surface area (Å²) < 4.78 is 0. The highest BCUT2D eigenvalue weighted by Crippen LogP contribution is 2.32. The Labute approximate surface area is 68.0 Å². The van der Waals surface area contributed by atoms with Gasteiger partial charge in [0.2, 0.25) is 0 Å². The fourth-order valence-corrected chi connectivity index (χ4v) is 1.55. The molecule has 1 atom stereocenters. The van der Waals surface area contributed by atoms with E-state index in [0.717, 1.165) is 12.6 Å². The molecule has 2 saturated carbocycles. The maximum Gasteiger partial charge on any atom is 0.0692 e. The number of rotatable bonds is 4. The standard InChI is InChI=1S/C9H17NO/c11-9(7-4-5-7)6-10-8-2-1-3-8/h7-11H,1-6H2. The lowest BCUT2D eigenvalue weighted by molar-refractivity contribution is 0.138. The van der Waals surface area contributed by atoms with Crippen LogP contribution in [0.25, 0.3) is 0 Å². The summed E-state index contributed by atoms with van der Waals surface area (Å²) in [6.45, 7) is 0.829. The third-order valence-electron chi connectivity index (χ3n) is 2.89. The summed E-state index contributed by atoms with van der Waals surface area (Å²) in [5.41, 5.74) is 0. The van der Waals surface area contributed by atoms with E-state index < -0.39 is 0 Å². The second kappa shape index (κ2) is 3.11. The number of hydrogen-bond acceptors (Lipinski definition) is 2. The molecular weight excluding hydrogens is 138 g/mol. The Morgan fingerprint density at radius 2 is 2.00 bits per heavy atom. The summed E-state index contributed by atoms with van der Waals surface area (Å²) in [5.74, 6) is 0.627. The molecule has 64 valence electrons. The first-order valence-corrected chi connectivity index (χ1v) is 4.78. The zero-order valence-corrected chi connectivity index (χ0v) is 6.92. The van der Waals surface area contributed by atoms with E-state index >= 15 is 0 Å². The van der Waals surface area contributed by atoms with Crippen molar-refractivity contribution in [3.8, 4) is 0 Å². The van der Waals surface area contributed by atoms with Gasteiger partial charge in [-0.05, 0) is 31.6 Å². The van der Waals surface area contributed by atoms with Crippen molar-refractivity contribution in [3.63, 3.8) is 0 Å². The van der Waals surface area contributed by atoms with E-state index in [-0.39, 0.29) is 6.10 Å². The maximum absolute atomic E-state index is 9.49. The molecule has 0 aromatic rings. The minimum atomic E-state index is -0.0596. The third kappa shape index (κ3) is 1.94. The molecule has 2 nitrogen and oxygen atoms in total. The van der Waals surface area contributed by atoms with Gasteiger partial charge in [0, 0.05) is 12.6 Å². The van der Waals surface area contributed by atoms with Crippen LogP contribution in [0.3, 0.4) is 0 Å². The normalized spacial score (nSPS) is 28.1. The quantitative estimate of drug-likeness (QED) is 0.632. The van der Waals surface area contributed by atoms with Crippen LogP contribution >= 0.6 is 0 Å². The fourth-order valence-electron chi connectivity index (χ4n) is 1.55. The van der Waals surface area contributed by atoms with E-state index in [9.17, 15) is 5.11 Å². The van der Waals surface area contributed by atoms with Gasteiger partial charge in [-0.25, -0.2) is 0 Å². The highest BCUT2D eigenvalue weighted by Gasteiger charge is 2.30. The lowest BCUT2D eigenvalue weighted by Gasteiger charge is -2.27. The molecule has 0 bridgehead atoms. The predicted molar refractivity (Wildman–Crippen MR) is 44.4 cm³/mol. The van der Waals surface area contributed by atoms with Gasteiger partial charge < -0.3 is 10.4 Å². The minimum Gasteiger partial charge on any atom is -0.392 e. The Morgan fingerprint density at radius 3 is 2.45 bits per heavy atom. The summed E-state index contributed by atoms with van der Waals surface area (Å²) in [5, 5.41) is 12.9. The lowest BCUT2D eigenvalue weighted by atomic mass is 9.93. The second-order valence-corrected chi connectivity index (χ2v) is 3.94. The Hall–Kier alpha value is -0.0800. The van der Waals surface area contributed by atoms with Crippen molar-refractivity contribution in [1.29, 1.82) is 0 Å². The maximum atomic E-state index is 9.49. The number of aliphatic hydroxyl groups is 1. The monoisotopic (exact) mass is 155 g/mol. The van der Waals surface area contributed by atoms with Gasteiger partial charge in [-0.15, -0.1) is 0 Å². The molecule has 0 aliphatic heterocycles. The van der Waals surface area contributed by atoms with Gasteiger partial charge in [0.1, 0.15) is 0 Å². The largest absolute Gasteiger partial charge is 0.392 e. The van der Waals surface area contributed by atoms with Crippen molar-refractivity contribution in [1.82, 2.24) is 5.32 Å². The van der Waals surface area contributed by atoms with Crippen molar-refractivity contribution >= 4 is 0 Å². The van der Waals surface area contributed by atoms with Gasteiger partial charge in [0.05, 0.1) is 6.10 Å². The summed E-state index contributed by atoms with van der Waals surface area (Å²) in [4.78, 5) is 0. The first kappa shape index (κ1) is 7.56. The molecule has 2 rings (SSSR count). The van der Waals surface area contributed by atoms with Crippen molar-refractivity contribution in [2.75, 3.05) is 6.54 Å². The van der Waals surface area contributed by atoms with E-state index in [1.807, 2.05) is 0 Å². The molecule has 2 aliphatic rings. The first-order valence-electron chi connectivity index (χ1n) is 4.78. The van der Waals surface area contributed by atoms with Gasteiger partial charge in [0.25, 0.3) is 0 Å². The van der Waals surface area contributed by atoms with Crippen LogP contribution in [-0.4, -0.2) is 23.8 Å². The van der Waals surface area contributed by atoms with Crippen LogP contribution < -0.4 is 5.32 Å². The van der Waals surface area contributed by atoms with Crippen LogP contribution in [0.4, 0.5) is 0 Å². The molecule has 11 heavy (non-hydrogen) atoms. The third-order valence-corrected chi connectivity index (χ3v) is 2.89. The summed E-state index contributed by atoms with van der Waals surface area (Å²) in [6, 6.07) is 0.725. The smallest absolute Gasteiger partial charge is 0.0692 e. The van der Waals surface area contributed by atoms with Crippen molar-refractivity contribution in [2.45, 2.75) is 44.2 Å². The molecule has 2 fully saturated rings. The van der Waals surface area contributed by atoms with Gasteiger partial charge in [-0.2, -0.15) is 0 Å². The predicted octanol–water partition coefficient (Wildman–Crippen LogP) is 0.899. The fraction of sp³-hybridized carbons (Fsp3) is 1.00. The van der Waals surface area contributed by atoms with Crippen molar-refractivity contribution in [3.05, 3.63) is 0 Å². The zero-order valence-electron chi connectivity index (χ0n) is 6.92. The van der Waals surface area contributed by atoms with Gasteiger partial charge in [-0.3, -0.25) is 0 Å². The van der Waals surface area contributed by atoms with Gasteiger partial charge >= 0.3 is 0 Å². The van der Waals surface area contributed by atoms with Crippen LogP contribution in [0.2, 0.25) is 0 Å². The van der Waals surface area contributed by atoms with E-state index in [4.69, 9.17) is 0 Å². The van der Waals surface area contributed by atoms with Gasteiger partial charge in [0.15, 0.2) is 0 Å². The molecule has 2 heteroatoms. The topological polar surface area (TPSA) is 32.3 Å². The van der Waals surface area contributed by atoms with Crippen molar-refractivity contribution < 1.29 is 5.11 Å². The number of aliphatic hydroxyl groups excluding tert-OH is 1. The summed E-state index contributed by atoms with van der Waals surface area (Å²) in [7, 11) is 0. The summed E-state index contributed by atoms with van der Waals surface area (Å²) >= 11 is 0. The molecule has 0 aromatic heterocycles. The average Bonchev–Trinajstić information content (AvgIpc) is 2.64. The molecule has 1 unspecified atom stereocenters. The molecular formula is C9H17NO. The molecule has 0 saturated heterocycles.